The Balaban J connectivity index is 1.60. The number of amides is 1. The predicted molar refractivity (Wildman–Crippen MR) is 133 cm³/mol. The number of hydrogen-bond donors (Lipinski definition) is 1. The topological polar surface area (TPSA) is 76.5 Å². The minimum absolute atomic E-state index is 0.0654. The number of methoxy groups -OCH3 is 1. The highest BCUT2D eigenvalue weighted by atomic mass is 35.5. The second-order valence-corrected chi connectivity index (χ2v) is 8.89. The molecular formula is C26H29ClN4O3. The Hall–Kier alpha value is -3.16. The number of ether oxygens (including phenoxy) is 1. The molecule has 7 nitrogen and oxygen atoms in total. The molecule has 178 valence electrons. The lowest BCUT2D eigenvalue weighted by atomic mass is 10.0. The predicted octanol–water partition coefficient (Wildman–Crippen LogP) is 4.16. The summed E-state index contributed by atoms with van der Waals surface area (Å²) < 4.78 is 7.18. The van der Waals surface area contributed by atoms with Crippen molar-refractivity contribution in [2.75, 3.05) is 26.7 Å². The molecule has 0 spiro atoms. The van der Waals surface area contributed by atoms with E-state index in [-0.39, 0.29) is 11.7 Å². The average Bonchev–Trinajstić information content (AvgIpc) is 2.86. The molecule has 1 aliphatic heterocycles. The number of rotatable bonds is 7. The van der Waals surface area contributed by atoms with Crippen LogP contribution in [0, 0.1) is 6.92 Å². The SMILES string of the molecule is COc1ccccc1[C@@H](CNC(=O)c1nn(-c2ccc(Cl)cc2)c(C)cc1=O)N1CCCCC1. The molecule has 1 N–H and O–H groups in total. The molecule has 4 rings (SSSR count). The summed E-state index contributed by atoms with van der Waals surface area (Å²) in [7, 11) is 1.65. The number of nitrogens with zero attached hydrogens (tertiary/aromatic N) is 3. The van der Waals surface area contributed by atoms with Crippen molar-refractivity contribution in [3.05, 3.63) is 86.8 Å². The van der Waals surface area contributed by atoms with Gasteiger partial charge in [-0.2, -0.15) is 5.10 Å². The second-order valence-electron chi connectivity index (χ2n) is 8.45. The van der Waals surface area contributed by atoms with Gasteiger partial charge in [-0.25, -0.2) is 4.68 Å². The summed E-state index contributed by atoms with van der Waals surface area (Å²) in [6, 6.07) is 16.3. The number of carbonyl (C=O) groups excluding carboxylic acids is 1. The van der Waals surface area contributed by atoms with Crippen LogP contribution in [0.5, 0.6) is 5.75 Å². The number of aryl methyl sites for hydroxylation is 1. The molecule has 0 radical (unpaired) electrons. The van der Waals surface area contributed by atoms with Crippen LogP contribution >= 0.6 is 11.6 Å². The van der Waals surface area contributed by atoms with Crippen molar-refractivity contribution in [1.82, 2.24) is 20.0 Å². The van der Waals surface area contributed by atoms with Gasteiger partial charge in [0.05, 0.1) is 18.8 Å². The minimum Gasteiger partial charge on any atom is -0.496 e. The zero-order valence-electron chi connectivity index (χ0n) is 19.5. The highest BCUT2D eigenvalue weighted by molar-refractivity contribution is 6.30. The third-order valence-corrected chi connectivity index (χ3v) is 6.43. The van der Waals surface area contributed by atoms with Crippen molar-refractivity contribution in [2.45, 2.75) is 32.2 Å². The zero-order valence-corrected chi connectivity index (χ0v) is 20.2. The average molecular weight is 481 g/mol. The Kier molecular flexibility index (Phi) is 7.65. The van der Waals surface area contributed by atoms with Crippen molar-refractivity contribution >= 4 is 17.5 Å². The van der Waals surface area contributed by atoms with Gasteiger partial charge in [-0.1, -0.05) is 36.2 Å². The lowest BCUT2D eigenvalue weighted by Gasteiger charge is -2.35. The number of para-hydroxylation sites is 1. The van der Waals surface area contributed by atoms with Crippen LogP contribution in [0.2, 0.25) is 5.02 Å². The van der Waals surface area contributed by atoms with Gasteiger partial charge in [0, 0.05) is 28.9 Å². The Bertz CT molecular complexity index is 1200. The van der Waals surface area contributed by atoms with E-state index in [1.54, 1.807) is 43.0 Å². The van der Waals surface area contributed by atoms with Crippen molar-refractivity contribution in [1.29, 1.82) is 0 Å². The summed E-state index contributed by atoms with van der Waals surface area (Å²) in [6.07, 6.45) is 3.44. The Labute approximate surface area is 204 Å². The summed E-state index contributed by atoms with van der Waals surface area (Å²) >= 11 is 6.00. The van der Waals surface area contributed by atoms with Crippen molar-refractivity contribution in [3.63, 3.8) is 0 Å². The molecule has 2 heterocycles. The molecule has 8 heteroatoms. The second kappa shape index (κ2) is 10.8. The van der Waals surface area contributed by atoms with E-state index in [0.29, 0.717) is 17.3 Å². The molecule has 2 aromatic carbocycles. The van der Waals surface area contributed by atoms with Crippen LogP contribution in [-0.4, -0.2) is 47.3 Å². The van der Waals surface area contributed by atoms with Crippen LogP contribution < -0.4 is 15.5 Å². The number of aromatic nitrogens is 2. The number of nitrogens with one attached hydrogen (secondary N) is 1. The van der Waals surface area contributed by atoms with Gasteiger partial charge in [0.15, 0.2) is 5.69 Å². The zero-order chi connectivity index (χ0) is 24.1. The first kappa shape index (κ1) is 24.0. The minimum atomic E-state index is -0.496. The number of benzene rings is 2. The molecule has 3 aromatic rings. The van der Waals surface area contributed by atoms with Crippen LogP contribution in [-0.2, 0) is 0 Å². The largest absolute Gasteiger partial charge is 0.496 e. The van der Waals surface area contributed by atoms with E-state index < -0.39 is 11.3 Å². The maximum atomic E-state index is 13.1. The summed E-state index contributed by atoms with van der Waals surface area (Å²) in [6.45, 7) is 4.02. The number of likely N-dealkylation sites (tertiary alicyclic amines) is 1. The molecule has 0 saturated carbocycles. The fourth-order valence-electron chi connectivity index (χ4n) is 4.43. The molecule has 0 unspecified atom stereocenters. The summed E-state index contributed by atoms with van der Waals surface area (Å²) in [5.74, 6) is 0.287. The molecular weight excluding hydrogens is 452 g/mol. The summed E-state index contributed by atoms with van der Waals surface area (Å²) in [4.78, 5) is 28.1. The van der Waals surface area contributed by atoms with Crippen molar-refractivity contribution in [2.24, 2.45) is 0 Å². The van der Waals surface area contributed by atoms with Crippen LogP contribution in [0.25, 0.3) is 5.69 Å². The highest BCUT2D eigenvalue weighted by Crippen LogP contribution is 2.31. The maximum Gasteiger partial charge on any atom is 0.275 e. The first-order valence-electron chi connectivity index (χ1n) is 11.5. The van der Waals surface area contributed by atoms with Crippen LogP contribution in [0.15, 0.2) is 59.4 Å². The molecule has 1 fully saturated rings. The van der Waals surface area contributed by atoms with E-state index in [1.807, 2.05) is 24.3 Å². The molecule has 0 bridgehead atoms. The Morgan fingerprint density at radius 3 is 2.53 bits per heavy atom. The smallest absolute Gasteiger partial charge is 0.275 e. The number of hydrogen-bond acceptors (Lipinski definition) is 5. The summed E-state index contributed by atoms with van der Waals surface area (Å²) in [5, 5.41) is 7.94. The lowest BCUT2D eigenvalue weighted by Crippen LogP contribution is -2.42. The Morgan fingerprint density at radius 1 is 1.12 bits per heavy atom. The quantitative estimate of drug-likeness (QED) is 0.549. The highest BCUT2D eigenvalue weighted by Gasteiger charge is 2.26. The fraction of sp³-hybridized carbons (Fsp3) is 0.346. The molecule has 1 aliphatic rings. The third kappa shape index (κ3) is 5.32. The van der Waals surface area contributed by atoms with Gasteiger partial charge in [0.25, 0.3) is 5.91 Å². The molecule has 1 saturated heterocycles. The maximum absolute atomic E-state index is 13.1. The van der Waals surface area contributed by atoms with Gasteiger partial charge in [-0.15, -0.1) is 0 Å². The van der Waals surface area contributed by atoms with Crippen molar-refractivity contribution < 1.29 is 9.53 Å². The molecule has 0 aliphatic carbocycles. The Morgan fingerprint density at radius 2 is 1.82 bits per heavy atom. The number of piperidine rings is 1. The molecule has 1 atom stereocenters. The van der Waals surface area contributed by atoms with E-state index in [1.165, 1.54) is 12.5 Å². The fourth-order valence-corrected chi connectivity index (χ4v) is 4.55. The standard InChI is InChI=1S/C26H29ClN4O3/c1-18-16-23(32)25(29-31(18)20-12-10-19(27)11-13-20)26(33)28-17-22(30-14-6-3-7-15-30)21-8-4-5-9-24(21)34-2/h4-5,8-13,16,22H,3,6-7,14-15,17H2,1-2H3,(H,28,33)/t22-/m1/s1. The van der Waals surface area contributed by atoms with Gasteiger partial charge in [-0.05, 0) is 63.2 Å². The number of carbonyl (C=O) groups is 1. The normalized spacial score (nSPS) is 15.0. The van der Waals surface area contributed by atoms with E-state index >= 15 is 0 Å². The summed E-state index contributed by atoms with van der Waals surface area (Å²) in [5.41, 5.74) is 1.81. The van der Waals surface area contributed by atoms with E-state index in [2.05, 4.69) is 15.3 Å². The third-order valence-electron chi connectivity index (χ3n) is 6.18. The first-order chi connectivity index (χ1) is 16.5. The van der Waals surface area contributed by atoms with Gasteiger partial charge in [0.1, 0.15) is 5.75 Å². The van der Waals surface area contributed by atoms with E-state index in [0.717, 1.165) is 42.9 Å². The lowest BCUT2D eigenvalue weighted by molar-refractivity contribution is 0.0915. The molecule has 1 amide bonds. The van der Waals surface area contributed by atoms with Crippen molar-refractivity contribution in [3.8, 4) is 11.4 Å². The first-order valence-corrected chi connectivity index (χ1v) is 11.9. The van der Waals surface area contributed by atoms with Crippen LogP contribution in [0.3, 0.4) is 0 Å². The van der Waals surface area contributed by atoms with Gasteiger partial charge < -0.3 is 10.1 Å². The van der Waals surface area contributed by atoms with Gasteiger partial charge in [0.2, 0.25) is 5.43 Å². The van der Waals surface area contributed by atoms with Crippen LogP contribution in [0.1, 0.15) is 47.1 Å². The monoisotopic (exact) mass is 480 g/mol. The van der Waals surface area contributed by atoms with Gasteiger partial charge >= 0.3 is 0 Å². The molecule has 34 heavy (non-hydrogen) atoms. The van der Waals surface area contributed by atoms with Gasteiger partial charge in [-0.3, -0.25) is 14.5 Å². The van der Waals surface area contributed by atoms with Crippen LogP contribution in [0.4, 0.5) is 0 Å². The van der Waals surface area contributed by atoms with E-state index in [4.69, 9.17) is 16.3 Å². The molecule has 1 aromatic heterocycles. The van der Waals surface area contributed by atoms with E-state index in [9.17, 15) is 9.59 Å². The number of halogens is 1.